The Bertz CT molecular complexity index is 669. The van der Waals surface area contributed by atoms with Crippen molar-refractivity contribution in [1.82, 2.24) is 15.0 Å². The van der Waals surface area contributed by atoms with Gasteiger partial charge in [0.2, 0.25) is 17.6 Å². The molecule has 1 fully saturated rings. The van der Waals surface area contributed by atoms with Crippen molar-refractivity contribution in [2.75, 3.05) is 6.54 Å². The van der Waals surface area contributed by atoms with E-state index in [1.807, 2.05) is 42.2 Å². The molecule has 2 heterocycles. The topological polar surface area (TPSA) is 85.3 Å². The molecule has 6 heteroatoms. The summed E-state index contributed by atoms with van der Waals surface area (Å²) in [5.41, 5.74) is 6.69. The van der Waals surface area contributed by atoms with E-state index in [4.69, 9.17) is 10.3 Å². The highest BCUT2D eigenvalue weighted by Crippen LogP contribution is 2.31. The molecule has 1 aromatic carbocycles. The van der Waals surface area contributed by atoms with E-state index >= 15 is 0 Å². The van der Waals surface area contributed by atoms with Crippen molar-refractivity contribution < 1.29 is 9.32 Å². The van der Waals surface area contributed by atoms with Crippen LogP contribution in [0.4, 0.5) is 0 Å². The summed E-state index contributed by atoms with van der Waals surface area (Å²) in [7, 11) is 0. The lowest BCUT2D eigenvalue weighted by Gasteiger charge is -2.33. The van der Waals surface area contributed by atoms with Crippen molar-refractivity contribution in [3.05, 3.63) is 36.2 Å². The fourth-order valence-electron chi connectivity index (χ4n) is 3.06. The van der Waals surface area contributed by atoms with Crippen molar-refractivity contribution in [2.24, 2.45) is 5.73 Å². The molecule has 1 amide bonds. The Balaban J connectivity index is 1.76. The average Bonchev–Trinajstić information content (AvgIpc) is 3.10. The number of aromatic nitrogens is 2. The molecule has 3 rings (SSSR count). The highest BCUT2D eigenvalue weighted by atomic mass is 16.5. The van der Waals surface area contributed by atoms with Crippen LogP contribution in [0.2, 0.25) is 0 Å². The number of carbonyl (C=O) groups excluding carboxylic acids is 1. The third-order valence-electron chi connectivity index (χ3n) is 4.40. The Morgan fingerprint density at radius 3 is 2.92 bits per heavy atom. The van der Waals surface area contributed by atoms with Gasteiger partial charge in [0.05, 0.1) is 0 Å². The fraction of sp³-hybridized carbons (Fsp3) is 0.500. The summed E-state index contributed by atoms with van der Waals surface area (Å²) in [6.07, 6.45) is 4.10. The lowest BCUT2D eigenvalue weighted by molar-refractivity contribution is -0.135. The van der Waals surface area contributed by atoms with Gasteiger partial charge in [-0.25, -0.2) is 0 Å². The van der Waals surface area contributed by atoms with Crippen LogP contribution in [0.1, 0.15) is 51.0 Å². The Morgan fingerprint density at radius 1 is 1.38 bits per heavy atom. The van der Waals surface area contributed by atoms with E-state index in [0.717, 1.165) is 31.4 Å². The van der Waals surface area contributed by atoms with Gasteiger partial charge in [-0.1, -0.05) is 35.5 Å². The van der Waals surface area contributed by atoms with Crippen LogP contribution in [-0.2, 0) is 4.79 Å². The van der Waals surface area contributed by atoms with Crippen molar-refractivity contribution in [3.63, 3.8) is 0 Å². The zero-order valence-electron chi connectivity index (χ0n) is 14.0. The third-order valence-corrected chi connectivity index (χ3v) is 4.40. The highest BCUT2D eigenvalue weighted by molar-refractivity contribution is 5.76. The number of piperidine rings is 1. The van der Waals surface area contributed by atoms with E-state index in [2.05, 4.69) is 10.1 Å². The second-order valence-corrected chi connectivity index (χ2v) is 6.44. The first-order valence-corrected chi connectivity index (χ1v) is 8.59. The molecule has 1 aromatic heterocycles. The number of hydrogen-bond acceptors (Lipinski definition) is 5. The van der Waals surface area contributed by atoms with Crippen molar-refractivity contribution in [2.45, 2.75) is 51.1 Å². The zero-order valence-corrected chi connectivity index (χ0v) is 14.0. The number of likely N-dealkylation sites (tertiary alicyclic amines) is 1. The van der Waals surface area contributed by atoms with Crippen LogP contribution in [0.25, 0.3) is 11.4 Å². The minimum Gasteiger partial charge on any atom is -0.337 e. The Labute approximate surface area is 142 Å². The first-order chi connectivity index (χ1) is 11.6. The molecular formula is C18H24N4O2. The Hall–Kier alpha value is -2.21. The maximum atomic E-state index is 12.5. The van der Waals surface area contributed by atoms with E-state index in [1.165, 1.54) is 0 Å². The second-order valence-electron chi connectivity index (χ2n) is 6.44. The Kier molecular flexibility index (Phi) is 5.25. The van der Waals surface area contributed by atoms with Gasteiger partial charge in [0.1, 0.15) is 6.04 Å². The van der Waals surface area contributed by atoms with Crippen LogP contribution in [0.5, 0.6) is 0 Å². The summed E-state index contributed by atoms with van der Waals surface area (Å²) in [5, 5.41) is 4.09. The number of carbonyl (C=O) groups is 1. The smallest absolute Gasteiger partial charge is 0.249 e. The molecule has 1 saturated heterocycles. The monoisotopic (exact) mass is 328 g/mol. The van der Waals surface area contributed by atoms with Gasteiger partial charge in [-0.15, -0.1) is 0 Å². The summed E-state index contributed by atoms with van der Waals surface area (Å²) in [6, 6.07) is 9.63. The SMILES string of the molecule is CC(N)CCC(=O)N1CCCCC1c1nc(-c2ccccc2)no1. The molecule has 1 aliphatic rings. The maximum Gasteiger partial charge on any atom is 0.249 e. The fourth-order valence-corrected chi connectivity index (χ4v) is 3.06. The van der Waals surface area contributed by atoms with Gasteiger partial charge >= 0.3 is 0 Å². The largest absolute Gasteiger partial charge is 0.337 e. The average molecular weight is 328 g/mol. The molecule has 6 nitrogen and oxygen atoms in total. The van der Waals surface area contributed by atoms with Crippen molar-refractivity contribution in [1.29, 1.82) is 0 Å². The van der Waals surface area contributed by atoms with Crippen molar-refractivity contribution >= 4 is 5.91 Å². The van der Waals surface area contributed by atoms with Crippen molar-refractivity contribution in [3.8, 4) is 11.4 Å². The van der Waals surface area contributed by atoms with E-state index in [9.17, 15) is 4.79 Å². The number of nitrogens with zero attached hydrogens (tertiary/aromatic N) is 3. The summed E-state index contributed by atoms with van der Waals surface area (Å²) < 4.78 is 5.48. The van der Waals surface area contributed by atoms with Crippen LogP contribution in [-0.4, -0.2) is 33.5 Å². The van der Waals surface area contributed by atoms with Gasteiger partial charge in [0.15, 0.2) is 0 Å². The third kappa shape index (κ3) is 3.82. The van der Waals surface area contributed by atoms with E-state index in [-0.39, 0.29) is 18.0 Å². The second kappa shape index (κ2) is 7.57. The van der Waals surface area contributed by atoms with Gasteiger partial charge in [-0.2, -0.15) is 4.98 Å². The van der Waals surface area contributed by atoms with Gasteiger partial charge < -0.3 is 15.2 Å². The molecule has 128 valence electrons. The lowest BCUT2D eigenvalue weighted by atomic mass is 10.0. The first kappa shape index (κ1) is 16.6. The number of amides is 1. The number of nitrogens with two attached hydrogens (primary N) is 1. The summed E-state index contributed by atoms with van der Waals surface area (Å²) in [6.45, 7) is 2.66. The molecule has 0 radical (unpaired) electrons. The van der Waals surface area contributed by atoms with Gasteiger partial charge in [-0.05, 0) is 32.6 Å². The molecule has 1 aliphatic heterocycles. The number of benzene rings is 1. The molecule has 24 heavy (non-hydrogen) atoms. The maximum absolute atomic E-state index is 12.5. The minimum atomic E-state index is -0.121. The molecule has 2 atom stereocenters. The number of rotatable bonds is 5. The molecule has 0 saturated carbocycles. The normalized spacial score (nSPS) is 19.2. The zero-order chi connectivity index (χ0) is 16.9. The van der Waals surface area contributed by atoms with Crippen LogP contribution in [0.3, 0.4) is 0 Å². The van der Waals surface area contributed by atoms with Gasteiger partial charge in [0.25, 0.3) is 0 Å². The van der Waals surface area contributed by atoms with Crippen LogP contribution >= 0.6 is 0 Å². The standard InChI is InChI=1S/C18H24N4O2/c1-13(19)10-11-16(23)22-12-6-5-9-15(22)18-20-17(21-24-18)14-7-3-2-4-8-14/h2-4,7-8,13,15H,5-6,9-12,19H2,1H3. The molecular weight excluding hydrogens is 304 g/mol. The van der Waals surface area contributed by atoms with Crippen LogP contribution < -0.4 is 5.73 Å². The Morgan fingerprint density at radius 2 is 2.17 bits per heavy atom. The predicted molar refractivity (Wildman–Crippen MR) is 90.9 cm³/mol. The number of hydrogen-bond donors (Lipinski definition) is 1. The summed E-state index contributed by atoms with van der Waals surface area (Å²) in [5.74, 6) is 1.22. The molecule has 2 N–H and O–H groups in total. The summed E-state index contributed by atoms with van der Waals surface area (Å²) in [4.78, 5) is 19.0. The highest BCUT2D eigenvalue weighted by Gasteiger charge is 2.32. The molecule has 0 spiro atoms. The van der Waals surface area contributed by atoms with Gasteiger partial charge in [0, 0.05) is 24.6 Å². The lowest BCUT2D eigenvalue weighted by Crippen LogP contribution is -2.39. The molecule has 0 aliphatic carbocycles. The molecule has 0 bridgehead atoms. The van der Waals surface area contributed by atoms with Gasteiger partial charge in [-0.3, -0.25) is 4.79 Å². The van der Waals surface area contributed by atoms with Crippen LogP contribution in [0, 0.1) is 0 Å². The van der Waals surface area contributed by atoms with Crippen LogP contribution in [0.15, 0.2) is 34.9 Å². The van der Waals surface area contributed by atoms with E-state index in [0.29, 0.717) is 24.6 Å². The quantitative estimate of drug-likeness (QED) is 0.912. The minimum absolute atomic E-state index is 0.0327. The molecule has 2 aromatic rings. The predicted octanol–water partition coefficient (Wildman–Crippen LogP) is 2.92. The first-order valence-electron chi connectivity index (χ1n) is 8.59. The molecule has 2 unspecified atom stereocenters. The summed E-state index contributed by atoms with van der Waals surface area (Å²) >= 11 is 0. The van der Waals surface area contributed by atoms with E-state index < -0.39 is 0 Å². The van der Waals surface area contributed by atoms with E-state index in [1.54, 1.807) is 0 Å².